The van der Waals surface area contributed by atoms with Crippen molar-refractivity contribution < 1.29 is 19.0 Å². The Balaban J connectivity index is 1.35. The van der Waals surface area contributed by atoms with Gasteiger partial charge in [-0.05, 0) is 55.7 Å². The van der Waals surface area contributed by atoms with E-state index >= 15 is 0 Å². The molecule has 0 spiro atoms. The third-order valence-corrected chi connectivity index (χ3v) is 6.41. The highest BCUT2D eigenvalue weighted by Crippen LogP contribution is 2.27. The molecule has 2 aromatic heterocycles. The van der Waals surface area contributed by atoms with Crippen molar-refractivity contribution in [3.05, 3.63) is 87.3 Å². The Bertz CT molecular complexity index is 1330. The largest absolute Gasteiger partial charge is 0.494 e. The van der Waals surface area contributed by atoms with Gasteiger partial charge in [-0.1, -0.05) is 30.3 Å². The number of thiophene rings is 1. The van der Waals surface area contributed by atoms with E-state index in [-0.39, 0.29) is 18.8 Å². The first-order valence-corrected chi connectivity index (χ1v) is 11.9. The second kappa shape index (κ2) is 11.0. The summed E-state index contributed by atoms with van der Waals surface area (Å²) < 4.78 is 18.2. The summed E-state index contributed by atoms with van der Waals surface area (Å²) in [5.74, 6) is 1.05. The minimum Gasteiger partial charge on any atom is -0.494 e. The lowest BCUT2D eigenvalue weighted by molar-refractivity contribution is 0.0455. The minimum atomic E-state index is -0.477. The Morgan fingerprint density at radius 2 is 1.74 bits per heavy atom. The number of esters is 1. The molecule has 0 unspecified atom stereocenters. The zero-order chi connectivity index (χ0) is 23.9. The Morgan fingerprint density at radius 3 is 2.53 bits per heavy atom. The first-order chi connectivity index (χ1) is 16.5. The van der Waals surface area contributed by atoms with Crippen LogP contribution < -0.4 is 15.0 Å². The topological polar surface area (TPSA) is 79.7 Å². The van der Waals surface area contributed by atoms with Crippen LogP contribution in [-0.2, 0) is 11.3 Å². The van der Waals surface area contributed by atoms with Crippen LogP contribution in [0.25, 0.3) is 10.2 Å². The number of benzene rings is 2. The van der Waals surface area contributed by atoms with Crippen LogP contribution >= 0.6 is 11.3 Å². The van der Waals surface area contributed by atoms with E-state index in [4.69, 9.17) is 14.2 Å². The molecule has 4 rings (SSSR count). The zero-order valence-corrected chi connectivity index (χ0v) is 20.0. The molecule has 2 heterocycles. The zero-order valence-electron chi connectivity index (χ0n) is 19.2. The van der Waals surface area contributed by atoms with Gasteiger partial charge in [-0.3, -0.25) is 9.36 Å². The number of para-hydroxylation sites is 1. The van der Waals surface area contributed by atoms with Crippen LogP contribution in [0.1, 0.15) is 27.2 Å². The summed E-state index contributed by atoms with van der Waals surface area (Å²) in [6, 6.07) is 17.2. The van der Waals surface area contributed by atoms with Crippen molar-refractivity contribution in [3.63, 3.8) is 0 Å². The van der Waals surface area contributed by atoms with Crippen LogP contribution in [0.4, 0.5) is 0 Å². The maximum atomic E-state index is 13.0. The summed E-state index contributed by atoms with van der Waals surface area (Å²) in [5, 5.41) is 0.458. The molecule has 0 aliphatic carbocycles. The first-order valence-electron chi connectivity index (χ1n) is 11.1. The molecule has 0 N–H and O–H groups in total. The fourth-order valence-corrected chi connectivity index (χ4v) is 4.55. The van der Waals surface area contributed by atoms with Crippen LogP contribution in [0.2, 0.25) is 0 Å². The van der Waals surface area contributed by atoms with E-state index in [2.05, 4.69) is 4.98 Å². The Kier molecular flexibility index (Phi) is 7.59. The van der Waals surface area contributed by atoms with Gasteiger partial charge < -0.3 is 14.2 Å². The SMILES string of the molecule is Cc1cccc(OCCCn2cnc3sc(C(=O)OCCOc4ccccc4)c(C)c3c2=O)c1. The van der Waals surface area contributed by atoms with Crippen LogP contribution in [0, 0.1) is 13.8 Å². The highest BCUT2D eigenvalue weighted by Gasteiger charge is 2.20. The van der Waals surface area contributed by atoms with Gasteiger partial charge in [0.05, 0.1) is 18.3 Å². The maximum Gasteiger partial charge on any atom is 0.348 e. The molecule has 8 heteroatoms. The molecule has 4 aromatic rings. The van der Waals surface area contributed by atoms with E-state index in [0.717, 1.165) is 11.3 Å². The Morgan fingerprint density at radius 1 is 0.971 bits per heavy atom. The van der Waals surface area contributed by atoms with E-state index in [1.807, 2.05) is 61.5 Å². The number of carbonyl (C=O) groups is 1. The van der Waals surface area contributed by atoms with Crippen molar-refractivity contribution in [2.24, 2.45) is 0 Å². The summed E-state index contributed by atoms with van der Waals surface area (Å²) >= 11 is 1.17. The minimum absolute atomic E-state index is 0.111. The molecule has 0 saturated carbocycles. The monoisotopic (exact) mass is 478 g/mol. The summed E-state index contributed by atoms with van der Waals surface area (Å²) in [4.78, 5) is 30.9. The van der Waals surface area contributed by atoms with Gasteiger partial charge in [0.2, 0.25) is 0 Å². The smallest absolute Gasteiger partial charge is 0.348 e. The molecule has 0 fully saturated rings. The third-order valence-electron chi connectivity index (χ3n) is 5.23. The van der Waals surface area contributed by atoms with E-state index in [0.29, 0.717) is 46.0 Å². The molecule has 7 nitrogen and oxygen atoms in total. The molecular weight excluding hydrogens is 452 g/mol. The van der Waals surface area contributed by atoms with Crippen LogP contribution in [-0.4, -0.2) is 35.3 Å². The second-order valence-electron chi connectivity index (χ2n) is 7.80. The fourth-order valence-electron chi connectivity index (χ4n) is 3.52. The molecule has 176 valence electrons. The lowest BCUT2D eigenvalue weighted by Crippen LogP contribution is -2.21. The molecule has 34 heavy (non-hydrogen) atoms. The molecular formula is C26H26N2O5S. The highest BCUT2D eigenvalue weighted by molar-refractivity contribution is 7.20. The van der Waals surface area contributed by atoms with Gasteiger partial charge in [0.1, 0.15) is 34.4 Å². The average Bonchev–Trinajstić information content (AvgIpc) is 3.18. The van der Waals surface area contributed by atoms with Crippen LogP contribution in [0.3, 0.4) is 0 Å². The van der Waals surface area contributed by atoms with Gasteiger partial charge in [0.25, 0.3) is 5.56 Å². The maximum absolute atomic E-state index is 13.0. The number of carbonyl (C=O) groups excluding carboxylic acids is 1. The van der Waals surface area contributed by atoms with Crippen molar-refractivity contribution in [2.75, 3.05) is 19.8 Å². The van der Waals surface area contributed by atoms with Gasteiger partial charge in [-0.15, -0.1) is 11.3 Å². The Labute approximate surface area is 201 Å². The summed E-state index contributed by atoms with van der Waals surface area (Å²) in [6.45, 7) is 5.08. The van der Waals surface area contributed by atoms with Gasteiger partial charge in [-0.2, -0.15) is 0 Å². The number of aromatic nitrogens is 2. The summed E-state index contributed by atoms with van der Waals surface area (Å²) in [7, 11) is 0. The molecule has 0 saturated heterocycles. The molecule has 0 radical (unpaired) electrons. The highest BCUT2D eigenvalue weighted by atomic mass is 32.1. The van der Waals surface area contributed by atoms with Gasteiger partial charge in [0, 0.05) is 6.54 Å². The molecule has 0 aliphatic rings. The summed E-state index contributed by atoms with van der Waals surface area (Å²) in [5.41, 5.74) is 1.56. The predicted octanol–water partition coefficient (Wildman–Crippen LogP) is 4.78. The van der Waals surface area contributed by atoms with Crippen molar-refractivity contribution in [1.29, 1.82) is 0 Å². The molecule has 0 aliphatic heterocycles. The van der Waals surface area contributed by atoms with Gasteiger partial charge in [0.15, 0.2) is 0 Å². The van der Waals surface area contributed by atoms with Crippen molar-refractivity contribution in [1.82, 2.24) is 9.55 Å². The van der Waals surface area contributed by atoms with E-state index in [1.165, 1.54) is 17.7 Å². The summed E-state index contributed by atoms with van der Waals surface area (Å²) in [6.07, 6.45) is 2.18. The number of ether oxygens (including phenoxy) is 3. The number of aryl methyl sites for hydroxylation is 3. The van der Waals surface area contributed by atoms with E-state index in [9.17, 15) is 9.59 Å². The first kappa shape index (κ1) is 23.5. The normalized spacial score (nSPS) is 10.9. The lowest BCUT2D eigenvalue weighted by atomic mass is 10.2. The standard InChI is InChI=1S/C26H26N2O5S/c1-18-8-6-11-21(16-18)31-13-7-12-28-17-27-24-22(25(28)29)19(2)23(34-24)26(30)33-15-14-32-20-9-4-3-5-10-20/h3-6,8-11,16-17H,7,12-15H2,1-2H3. The van der Waals surface area contributed by atoms with Gasteiger partial charge >= 0.3 is 5.97 Å². The Hall–Kier alpha value is -3.65. The molecule has 2 aromatic carbocycles. The van der Waals surface area contributed by atoms with E-state index in [1.54, 1.807) is 11.5 Å². The van der Waals surface area contributed by atoms with Crippen molar-refractivity contribution in [2.45, 2.75) is 26.8 Å². The van der Waals surface area contributed by atoms with Gasteiger partial charge in [-0.25, -0.2) is 9.78 Å². The second-order valence-corrected chi connectivity index (χ2v) is 8.79. The third kappa shape index (κ3) is 5.63. The predicted molar refractivity (Wildman–Crippen MR) is 132 cm³/mol. The number of fused-ring (bicyclic) bond motifs is 1. The molecule has 0 amide bonds. The number of rotatable bonds is 10. The average molecular weight is 479 g/mol. The number of hydrogen-bond acceptors (Lipinski definition) is 7. The van der Waals surface area contributed by atoms with Crippen LogP contribution in [0.5, 0.6) is 11.5 Å². The number of hydrogen-bond donors (Lipinski definition) is 0. The van der Waals surface area contributed by atoms with Crippen LogP contribution in [0.15, 0.2) is 65.7 Å². The molecule has 0 bridgehead atoms. The number of nitrogens with zero attached hydrogens (tertiary/aromatic N) is 2. The molecule has 0 atom stereocenters. The van der Waals surface area contributed by atoms with Crippen molar-refractivity contribution in [3.8, 4) is 11.5 Å². The lowest BCUT2D eigenvalue weighted by Gasteiger charge is -2.08. The van der Waals surface area contributed by atoms with E-state index < -0.39 is 5.97 Å². The van der Waals surface area contributed by atoms with Crippen molar-refractivity contribution >= 4 is 27.5 Å². The fraction of sp³-hybridized carbons (Fsp3) is 0.269. The quantitative estimate of drug-likeness (QED) is 0.241.